The van der Waals surface area contributed by atoms with Gasteiger partial charge in [-0.3, -0.25) is 0 Å². The van der Waals surface area contributed by atoms with Crippen molar-refractivity contribution in [1.82, 2.24) is 0 Å². The van der Waals surface area contributed by atoms with Gasteiger partial charge in [0.1, 0.15) is 0 Å². The maximum absolute atomic E-state index is 8.46. The van der Waals surface area contributed by atoms with Crippen LogP contribution in [0.15, 0.2) is 48.6 Å². The molecule has 0 aliphatic heterocycles. The summed E-state index contributed by atoms with van der Waals surface area (Å²) in [5.41, 5.74) is 0.842. The quantitative estimate of drug-likeness (QED) is 0.464. The molecule has 0 heterocycles. The Balaban J connectivity index is 4.70. The molecule has 0 aliphatic rings. The lowest BCUT2D eigenvalue weighted by molar-refractivity contribution is 1.48. The molecule has 0 aromatic heterocycles. The van der Waals surface area contributed by atoms with Crippen LogP contribution in [0.4, 0.5) is 0 Å². The van der Waals surface area contributed by atoms with Crippen LogP contribution in [0.2, 0.25) is 0 Å². The molecule has 0 aliphatic carbocycles. The number of hydrogen-bond donors (Lipinski definition) is 0. The van der Waals surface area contributed by atoms with Gasteiger partial charge < -0.3 is 0 Å². The van der Waals surface area contributed by atoms with Gasteiger partial charge in [0.15, 0.2) is 0 Å². The Bertz CT molecular complexity index is 285. The first-order chi connectivity index (χ1) is 5.78. The molecule has 0 bridgehead atoms. The molecule has 12 heavy (non-hydrogen) atoms. The summed E-state index contributed by atoms with van der Waals surface area (Å²) >= 11 is 0. The molecule has 0 rings (SSSR count). The summed E-state index contributed by atoms with van der Waals surface area (Å²) in [7, 11) is 0. The first-order valence-corrected chi connectivity index (χ1v) is 3.25. The van der Waals surface area contributed by atoms with Crippen molar-refractivity contribution in [1.29, 1.82) is 10.5 Å². The van der Waals surface area contributed by atoms with Crippen molar-refractivity contribution < 1.29 is 0 Å². The third-order valence-electron chi connectivity index (χ3n) is 1.14. The minimum absolute atomic E-state index is 0.421. The molecule has 0 unspecified atom stereocenters. The van der Waals surface area contributed by atoms with Gasteiger partial charge in [-0.15, -0.1) is 0 Å². The highest BCUT2D eigenvalue weighted by atomic mass is 14.2. The van der Waals surface area contributed by atoms with Crippen molar-refractivity contribution >= 4 is 0 Å². The van der Waals surface area contributed by atoms with Crippen molar-refractivity contribution in [3.8, 4) is 12.1 Å². The Morgan fingerprint density at radius 2 is 1.25 bits per heavy atom. The largest absolute Gasteiger partial charge is 0.192 e. The van der Waals surface area contributed by atoms with Crippen LogP contribution in [-0.4, -0.2) is 0 Å². The maximum Gasteiger partial charge on any atom is 0.0991 e. The van der Waals surface area contributed by atoms with Crippen molar-refractivity contribution in [2.24, 2.45) is 0 Å². The van der Waals surface area contributed by atoms with Gasteiger partial charge in [-0.1, -0.05) is 25.3 Å². The van der Waals surface area contributed by atoms with Crippen LogP contribution in [0.3, 0.4) is 0 Å². The first-order valence-electron chi connectivity index (χ1n) is 3.25. The summed E-state index contributed by atoms with van der Waals surface area (Å²) < 4.78 is 0. The van der Waals surface area contributed by atoms with E-state index in [1.807, 2.05) is 12.1 Å². The van der Waals surface area contributed by atoms with Crippen molar-refractivity contribution in [3.63, 3.8) is 0 Å². The summed E-state index contributed by atoms with van der Waals surface area (Å²) in [5.74, 6) is 0. The highest BCUT2D eigenvalue weighted by Gasteiger charge is 1.86. The summed E-state index contributed by atoms with van der Waals surface area (Å²) in [6.07, 6.45) is 5.89. The van der Waals surface area contributed by atoms with Gasteiger partial charge in [0.05, 0.1) is 23.3 Å². The Labute approximate surface area is 72.1 Å². The standard InChI is InChI=1S/C10H8N2/c1-3-9(7-11)5-6-10(4-2)8-12/h3-6H,1-2H2/b9-5+,10-6+. The van der Waals surface area contributed by atoms with E-state index in [4.69, 9.17) is 10.5 Å². The minimum atomic E-state index is 0.421. The normalized spacial score (nSPS) is 11.2. The Hall–Kier alpha value is -2.06. The van der Waals surface area contributed by atoms with E-state index in [0.717, 1.165) is 0 Å². The zero-order valence-electron chi connectivity index (χ0n) is 6.62. The molecule has 0 atom stereocenters. The topological polar surface area (TPSA) is 47.6 Å². The van der Waals surface area contributed by atoms with Gasteiger partial charge in [0, 0.05) is 0 Å². The van der Waals surface area contributed by atoms with Gasteiger partial charge in [-0.05, 0) is 12.2 Å². The highest BCUT2D eigenvalue weighted by Crippen LogP contribution is 1.98. The van der Waals surface area contributed by atoms with E-state index in [9.17, 15) is 0 Å². The second-order valence-corrected chi connectivity index (χ2v) is 1.88. The lowest BCUT2D eigenvalue weighted by Gasteiger charge is -1.83. The average Bonchev–Trinajstić information content (AvgIpc) is 2.13. The smallest absolute Gasteiger partial charge is 0.0991 e. The third-order valence-corrected chi connectivity index (χ3v) is 1.14. The van der Waals surface area contributed by atoms with E-state index in [0.29, 0.717) is 11.1 Å². The molecular weight excluding hydrogens is 148 g/mol. The number of allylic oxidation sites excluding steroid dienone is 6. The summed E-state index contributed by atoms with van der Waals surface area (Å²) in [4.78, 5) is 0. The van der Waals surface area contributed by atoms with Crippen molar-refractivity contribution in [2.45, 2.75) is 0 Å². The van der Waals surface area contributed by atoms with Gasteiger partial charge >= 0.3 is 0 Å². The molecule has 0 N–H and O–H groups in total. The molecule has 2 nitrogen and oxygen atoms in total. The second-order valence-electron chi connectivity index (χ2n) is 1.88. The fourth-order valence-corrected chi connectivity index (χ4v) is 0.481. The summed E-state index contributed by atoms with van der Waals surface area (Å²) in [6.45, 7) is 6.87. The van der Waals surface area contributed by atoms with Crippen molar-refractivity contribution in [3.05, 3.63) is 48.6 Å². The van der Waals surface area contributed by atoms with Crippen LogP contribution in [0.25, 0.3) is 0 Å². The molecule has 2 heteroatoms. The van der Waals surface area contributed by atoms with E-state index in [-0.39, 0.29) is 0 Å². The number of nitriles is 2. The van der Waals surface area contributed by atoms with Gasteiger partial charge in [0.25, 0.3) is 0 Å². The van der Waals surface area contributed by atoms with Crippen LogP contribution < -0.4 is 0 Å². The van der Waals surface area contributed by atoms with Crippen molar-refractivity contribution in [2.75, 3.05) is 0 Å². The van der Waals surface area contributed by atoms with Crippen LogP contribution in [0.5, 0.6) is 0 Å². The molecule has 0 aromatic rings. The highest BCUT2D eigenvalue weighted by molar-refractivity contribution is 5.40. The summed E-state index contributed by atoms with van der Waals surface area (Å²) in [5, 5.41) is 16.9. The second kappa shape index (κ2) is 5.70. The lowest BCUT2D eigenvalue weighted by atomic mass is 10.2. The average molecular weight is 156 g/mol. The Morgan fingerprint density at radius 1 is 0.917 bits per heavy atom. The monoisotopic (exact) mass is 156 g/mol. The van der Waals surface area contributed by atoms with E-state index >= 15 is 0 Å². The van der Waals surface area contributed by atoms with Crippen LogP contribution >= 0.6 is 0 Å². The first kappa shape index (κ1) is 9.94. The third kappa shape index (κ3) is 3.20. The number of hydrogen-bond acceptors (Lipinski definition) is 2. The van der Waals surface area contributed by atoms with Crippen LogP contribution in [-0.2, 0) is 0 Å². The SMILES string of the molecule is C=C/C(C#N)=C\C=C(\C#N)C=C. The van der Waals surface area contributed by atoms with Gasteiger partial charge in [-0.2, -0.15) is 10.5 Å². The molecule has 58 valence electrons. The van der Waals surface area contributed by atoms with Gasteiger partial charge in [-0.25, -0.2) is 0 Å². The van der Waals surface area contributed by atoms with E-state index in [2.05, 4.69) is 13.2 Å². The molecule has 0 saturated carbocycles. The van der Waals surface area contributed by atoms with E-state index < -0.39 is 0 Å². The predicted octanol–water partition coefficient (Wildman–Crippen LogP) is 2.26. The predicted molar refractivity (Wildman–Crippen MR) is 47.8 cm³/mol. The lowest BCUT2D eigenvalue weighted by Crippen LogP contribution is -1.71. The number of nitrogens with zero attached hydrogens (tertiary/aromatic N) is 2. The molecule has 0 amide bonds. The Kier molecular flexibility index (Phi) is 4.73. The van der Waals surface area contributed by atoms with E-state index in [1.165, 1.54) is 24.3 Å². The molecule has 0 aromatic carbocycles. The maximum atomic E-state index is 8.46. The fourth-order valence-electron chi connectivity index (χ4n) is 0.481. The van der Waals surface area contributed by atoms with Crippen LogP contribution in [0, 0.1) is 22.7 Å². The molecule has 0 spiro atoms. The molecular formula is C10H8N2. The van der Waals surface area contributed by atoms with Crippen LogP contribution in [0.1, 0.15) is 0 Å². The minimum Gasteiger partial charge on any atom is -0.192 e. The zero-order valence-corrected chi connectivity index (χ0v) is 6.62. The molecule has 0 radical (unpaired) electrons. The molecule has 0 fully saturated rings. The number of rotatable bonds is 3. The van der Waals surface area contributed by atoms with E-state index in [1.54, 1.807) is 0 Å². The molecule has 0 saturated heterocycles. The zero-order chi connectivity index (χ0) is 9.40. The Morgan fingerprint density at radius 3 is 1.42 bits per heavy atom. The fraction of sp³-hybridized carbons (Fsp3) is 0. The summed E-state index contributed by atoms with van der Waals surface area (Å²) in [6, 6.07) is 3.82. The van der Waals surface area contributed by atoms with Gasteiger partial charge in [0.2, 0.25) is 0 Å².